The second-order valence-corrected chi connectivity index (χ2v) is 8.42. The molecule has 0 spiro atoms. The zero-order valence-electron chi connectivity index (χ0n) is 19.2. The van der Waals surface area contributed by atoms with Crippen molar-refractivity contribution >= 4 is 34.2 Å². The average Bonchev–Trinajstić information content (AvgIpc) is 3.27. The standard InChI is InChI=1S/C27H25FN4O3/c1-17-10-11-19(16-21(17)28)29-27(34)30-22-9-5-8-20-23(18-6-3-2-4-7-18)25(31-24(20)22)26(33)32-12-14-35-15-13-32/h2-11,16,31H,12-15H2,1H3,(H2,29,30,34). The van der Waals surface area contributed by atoms with Crippen LogP contribution < -0.4 is 10.6 Å². The molecule has 0 unspecified atom stereocenters. The fourth-order valence-electron chi connectivity index (χ4n) is 4.27. The molecule has 0 saturated carbocycles. The minimum Gasteiger partial charge on any atom is -0.378 e. The van der Waals surface area contributed by atoms with Crippen LogP contribution in [0.15, 0.2) is 66.7 Å². The average molecular weight is 473 g/mol. The zero-order valence-corrected chi connectivity index (χ0v) is 19.2. The Morgan fingerprint density at radius 2 is 1.74 bits per heavy atom. The van der Waals surface area contributed by atoms with Crippen LogP contribution in [-0.4, -0.2) is 48.1 Å². The Hall–Kier alpha value is -4.17. The molecule has 1 fully saturated rings. The van der Waals surface area contributed by atoms with E-state index in [1.807, 2.05) is 42.5 Å². The lowest BCUT2D eigenvalue weighted by Crippen LogP contribution is -2.41. The lowest BCUT2D eigenvalue weighted by molar-refractivity contribution is 0.0300. The summed E-state index contributed by atoms with van der Waals surface area (Å²) in [6.45, 7) is 3.69. The van der Waals surface area contributed by atoms with E-state index in [-0.39, 0.29) is 5.91 Å². The molecule has 1 saturated heterocycles. The highest BCUT2D eigenvalue weighted by molar-refractivity contribution is 6.14. The number of para-hydroxylation sites is 1. The van der Waals surface area contributed by atoms with Crippen LogP contribution in [0.5, 0.6) is 0 Å². The quantitative estimate of drug-likeness (QED) is 0.372. The molecule has 0 radical (unpaired) electrons. The molecule has 0 atom stereocenters. The van der Waals surface area contributed by atoms with Crippen LogP contribution in [0.3, 0.4) is 0 Å². The Balaban J connectivity index is 1.52. The van der Waals surface area contributed by atoms with Crippen molar-refractivity contribution < 1.29 is 18.7 Å². The number of amides is 3. The predicted molar refractivity (Wildman–Crippen MR) is 134 cm³/mol. The molecule has 3 amide bonds. The summed E-state index contributed by atoms with van der Waals surface area (Å²) >= 11 is 0. The number of nitrogens with zero attached hydrogens (tertiary/aromatic N) is 1. The topological polar surface area (TPSA) is 86.5 Å². The second kappa shape index (κ2) is 9.60. The first-order valence-corrected chi connectivity index (χ1v) is 11.4. The number of rotatable bonds is 4. The fraction of sp³-hybridized carbons (Fsp3) is 0.185. The third-order valence-electron chi connectivity index (χ3n) is 6.09. The van der Waals surface area contributed by atoms with Crippen LogP contribution in [-0.2, 0) is 4.74 Å². The Morgan fingerprint density at radius 3 is 2.49 bits per heavy atom. The molecule has 0 aliphatic carbocycles. The number of anilines is 2. The molecule has 35 heavy (non-hydrogen) atoms. The van der Waals surface area contributed by atoms with E-state index in [1.165, 1.54) is 6.07 Å². The number of morpholine rings is 1. The van der Waals surface area contributed by atoms with Crippen LogP contribution in [0.25, 0.3) is 22.0 Å². The minimum atomic E-state index is -0.516. The SMILES string of the molecule is Cc1ccc(NC(=O)Nc2cccc3c(-c4ccccc4)c(C(=O)N4CCOCC4)[nH]c23)cc1F. The highest BCUT2D eigenvalue weighted by Crippen LogP contribution is 2.36. The normalized spacial score (nSPS) is 13.6. The smallest absolute Gasteiger partial charge is 0.323 e. The molecule has 8 heteroatoms. The maximum absolute atomic E-state index is 13.9. The van der Waals surface area contributed by atoms with Crippen molar-refractivity contribution in [2.45, 2.75) is 6.92 Å². The summed E-state index contributed by atoms with van der Waals surface area (Å²) < 4.78 is 19.3. The van der Waals surface area contributed by atoms with Crippen LogP contribution in [0.2, 0.25) is 0 Å². The molecular weight excluding hydrogens is 447 g/mol. The summed E-state index contributed by atoms with van der Waals surface area (Å²) in [6.07, 6.45) is 0. The molecule has 1 aliphatic heterocycles. The van der Waals surface area contributed by atoms with E-state index in [0.717, 1.165) is 16.5 Å². The fourth-order valence-corrected chi connectivity index (χ4v) is 4.27. The monoisotopic (exact) mass is 472 g/mol. The number of fused-ring (bicyclic) bond motifs is 1. The van der Waals surface area contributed by atoms with Crippen molar-refractivity contribution in [1.29, 1.82) is 0 Å². The van der Waals surface area contributed by atoms with Crippen molar-refractivity contribution in [1.82, 2.24) is 9.88 Å². The maximum Gasteiger partial charge on any atom is 0.323 e. The third-order valence-corrected chi connectivity index (χ3v) is 6.09. The number of benzene rings is 3. The summed E-state index contributed by atoms with van der Waals surface area (Å²) in [6, 6.07) is 19.2. The number of aromatic amines is 1. The molecule has 0 bridgehead atoms. The Morgan fingerprint density at radius 1 is 0.971 bits per heavy atom. The zero-order chi connectivity index (χ0) is 24.4. The molecule has 4 aromatic rings. The highest BCUT2D eigenvalue weighted by atomic mass is 19.1. The van der Waals surface area contributed by atoms with Crippen LogP contribution in [0.4, 0.5) is 20.6 Å². The first-order valence-electron chi connectivity index (χ1n) is 11.4. The van der Waals surface area contributed by atoms with Gasteiger partial charge in [-0.15, -0.1) is 0 Å². The van der Waals surface area contributed by atoms with Crippen molar-refractivity contribution in [3.63, 3.8) is 0 Å². The number of urea groups is 1. The van der Waals surface area contributed by atoms with E-state index in [4.69, 9.17) is 4.74 Å². The molecule has 7 nitrogen and oxygen atoms in total. The number of carbonyl (C=O) groups excluding carboxylic acids is 2. The lowest BCUT2D eigenvalue weighted by atomic mass is 10.0. The van der Waals surface area contributed by atoms with Gasteiger partial charge < -0.3 is 25.3 Å². The van der Waals surface area contributed by atoms with E-state index in [2.05, 4.69) is 15.6 Å². The second-order valence-electron chi connectivity index (χ2n) is 8.42. The first kappa shape index (κ1) is 22.6. The van der Waals surface area contributed by atoms with Gasteiger partial charge in [0.25, 0.3) is 5.91 Å². The molecular formula is C27H25FN4O3. The number of ether oxygens (including phenoxy) is 1. The molecule has 5 rings (SSSR count). The van der Waals surface area contributed by atoms with Crippen molar-refractivity contribution in [2.24, 2.45) is 0 Å². The van der Waals surface area contributed by atoms with E-state index in [9.17, 15) is 14.0 Å². The highest BCUT2D eigenvalue weighted by Gasteiger charge is 2.26. The van der Waals surface area contributed by atoms with Crippen molar-refractivity contribution in [2.75, 3.05) is 36.9 Å². The number of hydrogen-bond donors (Lipinski definition) is 3. The molecule has 3 N–H and O–H groups in total. The number of H-pyrrole nitrogens is 1. The number of hydrogen-bond acceptors (Lipinski definition) is 3. The van der Waals surface area contributed by atoms with Crippen molar-refractivity contribution in [3.8, 4) is 11.1 Å². The largest absolute Gasteiger partial charge is 0.378 e. The lowest BCUT2D eigenvalue weighted by Gasteiger charge is -2.26. The van der Waals surface area contributed by atoms with E-state index in [1.54, 1.807) is 30.0 Å². The van der Waals surface area contributed by atoms with E-state index < -0.39 is 11.8 Å². The van der Waals surface area contributed by atoms with Crippen LogP contribution in [0.1, 0.15) is 16.1 Å². The van der Waals surface area contributed by atoms with Gasteiger partial charge in [-0.05, 0) is 36.2 Å². The number of aryl methyl sites for hydroxylation is 1. The third kappa shape index (κ3) is 4.61. The number of aromatic nitrogens is 1. The Kier molecular flexibility index (Phi) is 6.20. The van der Waals surface area contributed by atoms with Gasteiger partial charge in [-0.1, -0.05) is 48.5 Å². The van der Waals surface area contributed by atoms with Gasteiger partial charge in [-0.2, -0.15) is 0 Å². The predicted octanol–water partition coefficient (Wildman–Crippen LogP) is 5.40. The van der Waals surface area contributed by atoms with Gasteiger partial charge in [0.05, 0.1) is 24.4 Å². The molecule has 178 valence electrons. The molecule has 3 aromatic carbocycles. The van der Waals surface area contributed by atoms with Gasteiger partial charge in [-0.25, -0.2) is 9.18 Å². The minimum absolute atomic E-state index is 0.117. The summed E-state index contributed by atoms with van der Waals surface area (Å²) in [5.74, 6) is -0.512. The van der Waals surface area contributed by atoms with Crippen LogP contribution >= 0.6 is 0 Å². The van der Waals surface area contributed by atoms with E-state index >= 15 is 0 Å². The maximum atomic E-state index is 13.9. The number of nitrogens with one attached hydrogen (secondary N) is 3. The molecule has 1 aromatic heterocycles. The summed E-state index contributed by atoms with van der Waals surface area (Å²) in [5, 5.41) is 6.30. The van der Waals surface area contributed by atoms with Gasteiger partial charge in [0.15, 0.2) is 0 Å². The first-order chi connectivity index (χ1) is 17.0. The summed E-state index contributed by atoms with van der Waals surface area (Å²) in [4.78, 5) is 31.3. The Labute approximate surface area is 201 Å². The van der Waals surface area contributed by atoms with Gasteiger partial charge in [0, 0.05) is 29.7 Å². The Bertz CT molecular complexity index is 1390. The molecule has 2 heterocycles. The number of halogens is 1. The van der Waals surface area contributed by atoms with Gasteiger partial charge in [0.1, 0.15) is 11.5 Å². The summed E-state index contributed by atoms with van der Waals surface area (Å²) in [5.41, 5.74) is 4.12. The van der Waals surface area contributed by atoms with Gasteiger partial charge >= 0.3 is 6.03 Å². The van der Waals surface area contributed by atoms with Gasteiger partial charge in [-0.3, -0.25) is 4.79 Å². The van der Waals surface area contributed by atoms with Crippen molar-refractivity contribution in [3.05, 3.63) is 83.8 Å². The van der Waals surface area contributed by atoms with E-state index in [0.29, 0.717) is 54.5 Å². The summed E-state index contributed by atoms with van der Waals surface area (Å²) in [7, 11) is 0. The van der Waals surface area contributed by atoms with Gasteiger partial charge in [0.2, 0.25) is 0 Å². The number of carbonyl (C=O) groups is 2. The van der Waals surface area contributed by atoms with Crippen LogP contribution in [0, 0.1) is 12.7 Å². The molecule has 1 aliphatic rings.